The molecule has 276 valence electrons. The molecule has 6 heteroatoms. The summed E-state index contributed by atoms with van der Waals surface area (Å²) in [5, 5.41) is 14.6. The molecular formula is C43H74N6. The molecule has 0 aromatic heterocycles. The lowest BCUT2D eigenvalue weighted by Crippen LogP contribution is -2.58. The van der Waals surface area contributed by atoms with E-state index in [2.05, 4.69) is 144 Å². The molecule has 1 fully saturated rings. The smallest absolute Gasteiger partial charge is 0.0653 e. The van der Waals surface area contributed by atoms with Crippen LogP contribution in [0.5, 0.6) is 0 Å². The Morgan fingerprint density at radius 3 is 1.86 bits per heavy atom. The van der Waals surface area contributed by atoms with Crippen molar-refractivity contribution in [2.24, 2.45) is 11.7 Å². The molecule has 1 aliphatic rings. The van der Waals surface area contributed by atoms with Crippen molar-refractivity contribution >= 4 is 0 Å². The Labute approximate surface area is 302 Å². The van der Waals surface area contributed by atoms with Gasteiger partial charge in [0.2, 0.25) is 0 Å². The van der Waals surface area contributed by atoms with Gasteiger partial charge in [0.05, 0.1) is 6.04 Å². The van der Waals surface area contributed by atoms with Crippen molar-refractivity contribution in [2.75, 3.05) is 32.7 Å². The van der Waals surface area contributed by atoms with Gasteiger partial charge in [0.25, 0.3) is 0 Å². The molecule has 1 aliphatic heterocycles. The molecule has 2 aromatic carbocycles. The summed E-state index contributed by atoms with van der Waals surface area (Å²) in [6, 6.07) is 21.6. The zero-order valence-corrected chi connectivity index (χ0v) is 32.7. The van der Waals surface area contributed by atoms with Gasteiger partial charge in [-0.3, -0.25) is 0 Å². The summed E-state index contributed by atoms with van der Waals surface area (Å²) < 4.78 is 0. The molecule has 6 nitrogen and oxygen atoms in total. The molecule has 3 rings (SSSR count). The van der Waals surface area contributed by atoms with Crippen molar-refractivity contribution in [2.45, 2.75) is 124 Å². The number of nitrogens with two attached hydrogens (primary N) is 1. The SMILES string of the molecule is C=C(CNC(C)(C)C(Cc1ccccc1)NC(=C)CN)NC(CCCNC(C)C)C(=C)N1CCCCCC1.CC(C)C.Cc1ccccc1. The van der Waals surface area contributed by atoms with Gasteiger partial charge in [0.15, 0.2) is 0 Å². The highest BCUT2D eigenvalue weighted by molar-refractivity contribution is 5.19. The lowest BCUT2D eigenvalue weighted by molar-refractivity contribution is 0.288. The number of nitrogens with one attached hydrogen (secondary N) is 4. The van der Waals surface area contributed by atoms with Gasteiger partial charge in [-0.05, 0) is 70.9 Å². The van der Waals surface area contributed by atoms with E-state index in [1.807, 2.05) is 18.2 Å². The van der Waals surface area contributed by atoms with Crippen molar-refractivity contribution < 1.29 is 0 Å². The summed E-state index contributed by atoms with van der Waals surface area (Å²) >= 11 is 0. The summed E-state index contributed by atoms with van der Waals surface area (Å²) in [4.78, 5) is 2.50. The number of likely N-dealkylation sites (tertiary alicyclic amines) is 1. The first-order valence-electron chi connectivity index (χ1n) is 18.8. The Balaban J connectivity index is 0.000000926. The maximum atomic E-state index is 5.88. The first kappa shape index (κ1) is 44.0. The number of rotatable bonds is 18. The van der Waals surface area contributed by atoms with Crippen molar-refractivity contribution in [3.05, 3.63) is 109 Å². The van der Waals surface area contributed by atoms with E-state index >= 15 is 0 Å². The lowest BCUT2D eigenvalue weighted by Gasteiger charge is -2.38. The topological polar surface area (TPSA) is 77.4 Å². The van der Waals surface area contributed by atoms with Crippen LogP contribution in [0, 0.1) is 12.8 Å². The fraction of sp³-hybridized carbons (Fsp3) is 0.581. The molecule has 0 radical (unpaired) electrons. The molecule has 0 spiro atoms. The van der Waals surface area contributed by atoms with E-state index in [1.165, 1.54) is 42.5 Å². The number of nitrogens with zero attached hydrogens (tertiary/aromatic N) is 1. The highest BCUT2D eigenvalue weighted by atomic mass is 15.2. The summed E-state index contributed by atoms with van der Waals surface area (Å²) in [6.45, 7) is 34.8. The summed E-state index contributed by atoms with van der Waals surface area (Å²) in [5.41, 5.74) is 11.3. The van der Waals surface area contributed by atoms with Crippen LogP contribution in [-0.4, -0.2) is 61.3 Å². The second kappa shape index (κ2) is 25.0. The van der Waals surface area contributed by atoms with Crippen molar-refractivity contribution in [1.82, 2.24) is 26.2 Å². The van der Waals surface area contributed by atoms with E-state index in [9.17, 15) is 0 Å². The second-order valence-electron chi connectivity index (χ2n) is 15.1. The minimum absolute atomic E-state index is 0.124. The van der Waals surface area contributed by atoms with Crippen LogP contribution in [0.15, 0.2) is 97.5 Å². The van der Waals surface area contributed by atoms with Crippen LogP contribution in [0.4, 0.5) is 0 Å². The van der Waals surface area contributed by atoms with Gasteiger partial charge in [0.1, 0.15) is 0 Å². The molecule has 0 aliphatic carbocycles. The summed E-state index contributed by atoms with van der Waals surface area (Å²) in [7, 11) is 0. The molecule has 2 aromatic rings. The summed E-state index contributed by atoms with van der Waals surface area (Å²) in [6.07, 6.45) is 8.14. The lowest BCUT2D eigenvalue weighted by atomic mass is 9.88. The number of hydrogen-bond acceptors (Lipinski definition) is 6. The normalized spacial score (nSPS) is 14.4. The number of benzene rings is 2. The average Bonchev–Trinajstić information content (AvgIpc) is 3.35. The third-order valence-corrected chi connectivity index (χ3v) is 8.49. The number of hydrogen-bond donors (Lipinski definition) is 5. The minimum atomic E-state index is -0.225. The predicted molar refractivity (Wildman–Crippen MR) is 217 cm³/mol. The first-order valence-corrected chi connectivity index (χ1v) is 18.8. The Bertz CT molecular complexity index is 1150. The molecule has 0 bridgehead atoms. The van der Waals surface area contributed by atoms with Crippen molar-refractivity contribution in [1.29, 1.82) is 0 Å². The first-order chi connectivity index (χ1) is 23.2. The largest absolute Gasteiger partial charge is 0.383 e. The van der Waals surface area contributed by atoms with Gasteiger partial charge in [-0.1, -0.05) is 133 Å². The standard InChI is InChI=1S/C32H56N6.C7H8.C4H10/c1-25(2)34-19-15-18-30(28(5)38-20-13-8-9-14-21-38)36-27(4)24-35-32(6,7)31(37-26(3)23-33)22-29-16-11-10-12-17-29;1-7-5-3-2-4-6-7;1-4(2)3/h10-12,16-17,25,30-31,34-37H,3-5,8-9,13-15,18-24,33H2,1-2,6-7H3;2-6H,1H3;4H,1-3H3. The van der Waals surface area contributed by atoms with E-state index in [1.54, 1.807) is 0 Å². The van der Waals surface area contributed by atoms with Gasteiger partial charge in [-0.25, -0.2) is 0 Å². The van der Waals surface area contributed by atoms with Crippen molar-refractivity contribution in [3.8, 4) is 0 Å². The zero-order chi connectivity index (χ0) is 36.7. The van der Waals surface area contributed by atoms with Crippen LogP contribution in [0.2, 0.25) is 0 Å². The average molecular weight is 675 g/mol. The van der Waals surface area contributed by atoms with E-state index in [0.29, 0.717) is 19.1 Å². The van der Waals surface area contributed by atoms with Gasteiger partial charge < -0.3 is 31.9 Å². The fourth-order valence-corrected chi connectivity index (χ4v) is 5.53. The van der Waals surface area contributed by atoms with E-state index < -0.39 is 0 Å². The Kier molecular flexibility index (Phi) is 22.4. The Hall–Kier alpha value is -3.06. The van der Waals surface area contributed by atoms with Crippen LogP contribution in [0.25, 0.3) is 0 Å². The quantitative estimate of drug-likeness (QED) is 0.102. The van der Waals surface area contributed by atoms with E-state index in [-0.39, 0.29) is 17.6 Å². The summed E-state index contributed by atoms with van der Waals surface area (Å²) in [5.74, 6) is 0.833. The third kappa shape index (κ3) is 20.9. The third-order valence-electron chi connectivity index (χ3n) is 8.49. The molecule has 6 N–H and O–H groups in total. The zero-order valence-electron chi connectivity index (χ0n) is 32.7. The second-order valence-corrected chi connectivity index (χ2v) is 15.1. The monoisotopic (exact) mass is 675 g/mol. The predicted octanol–water partition coefficient (Wildman–Crippen LogP) is 8.33. The molecule has 0 saturated carbocycles. The van der Waals surface area contributed by atoms with Crippen LogP contribution >= 0.6 is 0 Å². The Morgan fingerprint density at radius 1 is 0.816 bits per heavy atom. The minimum Gasteiger partial charge on any atom is -0.383 e. The fourth-order valence-electron chi connectivity index (χ4n) is 5.53. The van der Waals surface area contributed by atoms with Gasteiger partial charge in [0, 0.05) is 60.9 Å². The Morgan fingerprint density at radius 2 is 1.37 bits per heavy atom. The maximum Gasteiger partial charge on any atom is 0.0653 e. The molecule has 1 heterocycles. The highest BCUT2D eigenvalue weighted by Crippen LogP contribution is 2.20. The van der Waals surface area contributed by atoms with Crippen LogP contribution in [-0.2, 0) is 6.42 Å². The molecule has 49 heavy (non-hydrogen) atoms. The van der Waals surface area contributed by atoms with Crippen LogP contribution < -0.4 is 27.0 Å². The van der Waals surface area contributed by atoms with Gasteiger partial charge in [-0.2, -0.15) is 0 Å². The molecule has 0 amide bonds. The van der Waals surface area contributed by atoms with Gasteiger partial charge in [-0.15, -0.1) is 0 Å². The van der Waals surface area contributed by atoms with Crippen molar-refractivity contribution in [3.63, 3.8) is 0 Å². The highest BCUT2D eigenvalue weighted by Gasteiger charge is 2.30. The van der Waals surface area contributed by atoms with E-state index in [0.717, 1.165) is 56.2 Å². The number of aryl methyl sites for hydroxylation is 1. The maximum absolute atomic E-state index is 5.88. The molecule has 1 saturated heterocycles. The van der Waals surface area contributed by atoms with Gasteiger partial charge >= 0.3 is 0 Å². The molecule has 2 atom stereocenters. The molecular weight excluding hydrogens is 601 g/mol. The van der Waals surface area contributed by atoms with Crippen LogP contribution in [0.3, 0.4) is 0 Å². The van der Waals surface area contributed by atoms with E-state index in [4.69, 9.17) is 5.73 Å². The molecule has 2 unspecified atom stereocenters. The van der Waals surface area contributed by atoms with Crippen LogP contribution in [0.1, 0.15) is 98.1 Å².